The number of hydrogen-bond acceptors (Lipinski definition) is 3. The van der Waals surface area contributed by atoms with E-state index in [9.17, 15) is 14.0 Å². The summed E-state index contributed by atoms with van der Waals surface area (Å²) < 4.78 is 19.1. The minimum absolute atomic E-state index is 0.165. The Morgan fingerprint density at radius 3 is 2.52 bits per heavy atom. The number of ether oxygens (including phenoxy) is 1. The van der Waals surface area contributed by atoms with Gasteiger partial charge in [-0.2, -0.15) is 0 Å². The van der Waals surface area contributed by atoms with E-state index in [0.29, 0.717) is 41.3 Å². The Balaban J connectivity index is 1.41. The molecule has 0 atom stereocenters. The van der Waals surface area contributed by atoms with Gasteiger partial charge in [0, 0.05) is 5.69 Å². The van der Waals surface area contributed by atoms with Crippen molar-refractivity contribution in [2.24, 2.45) is 0 Å². The highest BCUT2D eigenvalue weighted by Gasteiger charge is 2.51. The van der Waals surface area contributed by atoms with Crippen molar-refractivity contribution < 1.29 is 18.7 Å². The first-order valence-electron chi connectivity index (χ1n) is 9.35. The Bertz CT molecular complexity index is 1140. The largest absolute Gasteiger partial charge is 0.454 e. The molecule has 0 saturated heterocycles. The molecule has 1 heterocycles. The van der Waals surface area contributed by atoms with Gasteiger partial charge in [0.25, 0.3) is 5.91 Å². The number of hydrogen-bond donors (Lipinski definition) is 2. The van der Waals surface area contributed by atoms with Crippen LogP contribution in [0.25, 0.3) is 0 Å². The van der Waals surface area contributed by atoms with E-state index >= 15 is 0 Å². The molecule has 1 aliphatic heterocycles. The molecule has 2 amide bonds. The van der Waals surface area contributed by atoms with Crippen molar-refractivity contribution in [3.05, 3.63) is 83.7 Å². The molecule has 0 radical (unpaired) electrons. The van der Waals surface area contributed by atoms with Crippen LogP contribution in [0, 0.1) is 5.82 Å². The average molecular weight is 388 g/mol. The lowest BCUT2D eigenvalue weighted by Crippen LogP contribution is -2.28. The first kappa shape index (κ1) is 17.4. The first-order chi connectivity index (χ1) is 14.0. The molecule has 0 aromatic heterocycles. The second-order valence-electron chi connectivity index (χ2n) is 7.31. The van der Waals surface area contributed by atoms with Crippen molar-refractivity contribution in [1.82, 2.24) is 0 Å². The summed E-state index contributed by atoms with van der Waals surface area (Å²) in [6.07, 6.45) is 1.41. The van der Waals surface area contributed by atoms with E-state index < -0.39 is 5.41 Å². The van der Waals surface area contributed by atoms with Crippen LogP contribution >= 0.6 is 0 Å². The normalized spacial score (nSPS) is 15.8. The van der Waals surface area contributed by atoms with Crippen LogP contribution in [0.2, 0.25) is 0 Å². The predicted molar refractivity (Wildman–Crippen MR) is 107 cm³/mol. The lowest BCUT2D eigenvalue weighted by molar-refractivity contribution is -0.118. The molecule has 144 valence electrons. The fourth-order valence-electron chi connectivity index (χ4n) is 3.63. The number of para-hydroxylation sites is 2. The van der Waals surface area contributed by atoms with E-state index in [4.69, 9.17) is 4.74 Å². The summed E-state index contributed by atoms with van der Waals surface area (Å²) in [4.78, 5) is 25.6. The number of rotatable bonds is 3. The molecule has 29 heavy (non-hydrogen) atoms. The summed E-state index contributed by atoms with van der Waals surface area (Å²) >= 11 is 0. The first-order valence-corrected chi connectivity index (χ1v) is 9.35. The molecular weight excluding hydrogens is 371 g/mol. The summed E-state index contributed by atoms with van der Waals surface area (Å²) in [5, 5.41) is 5.72. The predicted octanol–water partition coefficient (Wildman–Crippen LogP) is 4.85. The Morgan fingerprint density at radius 1 is 1.00 bits per heavy atom. The van der Waals surface area contributed by atoms with Crippen molar-refractivity contribution in [2.45, 2.75) is 18.3 Å². The van der Waals surface area contributed by atoms with Crippen LogP contribution in [-0.2, 0) is 10.2 Å². The molecule has 1 aliphatic carbocycles. The van der Waals surface area contributed by atoms with Gasteiger partial charge in [-0.1, -0.05) is 24.3 Å². The third-order valence-electron chi connectivity index (χ3n) is 5.42. The molecule has 3 aromatic rings. The SMILES string of the molecule is O=C1Nc2ccccc2Oc2ccc(NC(=O)C3(c4ccc(F)cc4)CC3)cc21. The van der Waals surface area contributed by atoms with Gasteiger partial charge in [0.15, 0.2) is 5.75 Å². The van der Waals surface area contributed by atoms with E-state index in [1.54, 1.807) is 42.5 Å². The molecule has 2 aliphatic rings. The van der Waals surface area contributed by atoms with Crippen LogP contribution in [0.1, 0.15) is 28.8 Å². The maximum atomic E-state index is 13.2. The monoisotopic (exact) mass is 388 g/mol. The van der Waals surface area contributed by atoms with E-state index in [2.05, 4.69) is 10.6 Å². The maximum Gasteiger partial charge on any atom is 0.259 e. The van der Waals surface area contributed by atoms with Gasteiger partial charge < -0.3 is 15.4 Å². The van der Waals surface area contributed by atoms with Gasteiger partial charge in [0.1, 0.15) is 11.6 Å². The van der Waals surface area contributed by atoms with E-state index in [-0.39, 0.29) is 17.6 Å². The van der Waals surface area contributed by atoms with Crippen molar-refractivity contribution in [3.8, 4) is 11.5 Å². The summed E-state index contributed by atoms with van der Waals surface area (Å²) in [5.74, 6) is 0.181. The number of amides is 2. The van der Waals surface area contributed by atoms with E-state index in [1.165, 1.54) is 12.1 Å². The fraction of sp³-hybridized carbons (Fsp3) is 0.130. The molecule has 0 unspecified atom stereocenters. The number of nitrogens with one attached hydrogen (secondary N) is 2. The van der Waals surface area contributed by atoms with Gasteiger partial charge in [-0.3, -0.25) is 9.59 Å². The van der Waals surface area contributed by atoms with Crippen LogP contribution in [0.3, 0.4) is 0 Å². The Hall–Kier alpha value is -3.67. The second kappa shape index (κ2) is 6.44. The lowest BCUT2D eigenvalue weighted by Gasteiger charge is -2.16. The van der Waals surface area contributed by atoms with Crippen LogP contribution < -0.4 is 15.4 Å². The standard InChI is InChI=1S/C23H17FN2O3/c24-15-7-5-14(6-8-15)23(11-12-23)22(28)25-16-9-10-19-17(13-16)21(27)26-18-3-1-2-4-20(18)29-19/h1-10,13H,11-12H2,(H,25,28)(H,26,27). The molecular formula is C23H17FN2O3. The molecule has 3 aromatic carbocycles. The van der Waals surface area contributed by atoms with Crippen molar-refractivity contribution in [1.29, 1.82) is 0 Å². The topological polar surface area (TPSA) is 67.4 Å². The molecule has 5 rings (SSSR count). The summed E-state index contributed by atoms with van der Waals surface area (Å²) in [6.45, 7) is 0. The van der Waals surface area contributed by atoms with E-state index in [1.807, 2.05) is 12.1 Å². The summed E-state index contributed by atoms with van der Waals surface area (Å²) in [7, 11) is 0. The number of halogens is 1. The zero-order valence-corrected chi connectivity index (χ0v) is 15.4. The van der Waals surface area contributed by atoms with Crippen molar-refractivity contribution in [2.75, 3.05) is 10.6 Å². The van der Waals surface area contributed by atoms with Crippen LogP contribution in [-0.4, -0.2) is 11.8 Å². The number of fused-ring (bicyclic) bond motifs is 2. The third-order valence-corrected chi connectivity index (χ3v) is 5.42. The summed E-state index contributed by atoms with van der Waals surface area (Å²) in [6, 6.07) is 18.2. The van der Waals surface area contributed by atoms with Gasteiger partial charge in [-0.15, -0.1) is 0 Å². The van der Waals surface area contributed by atoms with Gasteiger partial charge in [0.05, 0.1) is 16.7 Å². The van der Waals surface area contributed by atoms with Crippen LogP contribution in [0.4, 0.5) is 15.8 Å². The van der Waals surface area contributed by atoms with Crippen molar-refractivity contribution >= 4 is 23.2 Å². The second-order valence-corrected chi connectivity index (χ2v) is 7.31. The van der Waals surface area contributed by atoms with Crippen molar-refractivity contribution in [3.63, 3.8) is 0 Å². The molecule has 6 heteroatoms. The smallest absolute Gasteiger partial charge is 0.259 e. The Kier molecular flexibility index (Phi) is 3.87. The van der Waals surface area contributed by atoms with Gasteiger partial charge in [-0.25, -0.2) is 4.39 Å². The highest BCUT2D eigenvalue weighted by Crippen LogP contribution is 2.49. The molecule has 1 saturated carbocycles. The molecule has 5 nitrogen and oxygen atoms in total. The lowest BCUT2D eigenvalue weighted by atomic mass is 9.95. The zero-order valence-electron chi connectivity index (χ0n) is 15.4. The van der Waals surface area contributed by atoms with E-state index in [0.717, 1.165) is 5.56 Å². The number of anilines is 2. The third kappa shape index (κ3) is 3.02. The van der Waals surface area contributed by atoms with Gasteiger partial charge >= 0.3 is 0 Å². The van der Waals surface area contributed by atoms with Crippen LogP contribution in [0.15, 0.2) is 66.7 Å². The molecule has 2 N–H and O–H groups in total. The molecule has 0 bridgehead atoms. The minimum atomic E-state index is -0.643. The Morgan fingerprint density at radius 2 is 1.76 bits per heavy atom. The fourth-order valence-corrected chi connectivity index (χ4v) is 3.63. The number of benzene rings is 3. The zero-order chi connectivity index (χ0) is 20.0. The quantitative estimate of drug-likeness (QED) is 0.674. The highest BCUT2D eigenvalue weighted by molar-refractivity contribution is 6.09. The maximum absolute atomic E-state index is 13.2. The Labute approximate surface area is 166 Å². The number of carbonyl (C=O) groups excluding carboxylic acids is 2. The number of carbonyl (C=O) groups is 2. The molecule has 0 spiro atoms. The average Bonchev–Trinajstić information content (AvgIpc) is 3.53. The highest BCUT2D eigenvalue weighted by atomic mass is 19.1. The van der Waals surface area contributed by atoms with Gasteiger partial charge in [0.2, 0.25) is 5.91 Å². The van der Waals surface area contributed by atoms with Crippen LogP contribution in [0.5, 0.6) is 11.5 Å². The summed E-state index contributed by atoms with van der Waals surface area (Å²) in [5.41, 5.74) is 1.59. The minimum Gasteiger partial charge on any atom is -0.454 e. The van der Waals surface area contributed by atoms with Gasteiger partial charge in [-0.05, 0) is 60.9 Å². The molecule has 1 fully saturated rings.